The molecule has 2 aromatic heterocycles. The van der Waals surface area contributed by atoms with Gasteiger partial charge in [0.2, 0.25) is 5.82 Å². The standard InChI is InChI=1S/C24H19BrN6O/c1-15-20(23(32)28-19-9-5-6-14-26-19)21(16-10-12-18(25)13-11-16)31-24(27-15)29-22(30-31)17-7-3-2-4-8-17/h2-14,21H,1H3,(H2,26,27,28,29,30,32)/p+1. The maximum atomic E-state index is 13.4. The highest BCUT2D eigenvalue weighted by Crippen LogP contribution is 2.31. The number of hydrogen-bond donors (Lipinski definition) is 3. The van der Waals surface area contributed by atoms with Gasteiger partial charge in [-0.25, -0.2) is 15.4 Å². The third-order valence-electron chi connectivity index (χ3n) is 5.29. The lowest BCUT2D eigenvalue weighted by molar-refractivity contribution is -0.746. The summed E-state index contributed by atoms with van der Waals surface area (Å²) in [6.45, 7) is 1.89. The van der Waals surface area contributed by atoms with E-state index in [-0.39, 0.29) is 5.91 Å². The molecule has 0 radical (unpaired) electrons. The number of nitrogens with one attached hydrogen (secondary N) is 3. The van der Waals surface area contributed by atoms with Crippen molar-refractivity contribution in [2.45, 2.75) is 13.0 Å². The zero-order valence-electron chi connectivity index (χ0n) is 17.2. The molecule has 5 rings (SSSR count). The number of fused-ring (bicyclic) bond motifs is 1. The summed E-state index contributed by atoms with van der Waals surface area (Å²) in [4.78, 5) is 22.4. The molecule has 3 N–H and O–H groups in total. The first-order chi connectivity index (χ1) is 15.6. The van der Waals surface area contributed by atoms with E-state index in [9.17, 15) is 4.79 Å². The molecule has 3 heterocycles. The molecule has 0 saturated carbocycles. The molecule has 1 amide bonds. The largest absolute Gasteiger partial charge is 0.417 e. The highest BCUT2D eigenvalue weighted by atomic mass is 79.9. The molecular weight excluding hydrogens is 468 g/mol. The minimum atomic E-state index is -0.395. The summed E-state index contributed by atoms with van der Waals surface area (Å²) in [5, 5.41) is 9.59. The lowest BCUT2D eigenvalue weighted by atomic mass is 9.95. The highest BCUT2D eigenvalue weighted by Gasteiger charge is 2.39. The van der Waals surface area contributed by atoms with Crippen LogP contribution in [0.2, 0.25) is 0 Å². The molecule has 0 fully saturated rings. The number of pyridine rings is 1. The summed E-state index contributed by atoms with van der Waals surface area (Å²) in [5.74, 6) is 1.63. The molecule has 1 unspecified atom stereocenters. The predicted molar refractivity (Wildman–Crippen MR) is 126 cm³/mol. The van der Waals surface area contributed by atoms with Gasteiger partial charge in [-0.15, -0.1) is 4.68 Å². The van der Waals surface area contributed by atoms with Gasteiger partial charge in [0.1, 0.15) is 5.82 Å². The fourth-order valence-corrected chi connectivity index (χ4v) is 4.06. The van der Waals surface area contributed by atoms with Crippen LogP contribution < -0.4 is 15.3 Å². The molecule has 32 heavy (non-hydrogen) atoms. The first-order valence-electron chi connectivity index (χ1n) is 10.1. The van der Waals surface area contributed by atoms with E-state index in [1.165, 1.54) is 0 Å². The summed E-state index contributed by atoms with van der Waals surface area (Å²) in [6.07, 6.45) is 1.65. The third kappa shape index (κ3) is 3.80. The van der Waals surface area contributed by atoms with Gasteiger partial charge >= 0.3 is 5.95 Å². The Morgan fingerprint density at radius 1 is 1.03 bits per heavy atom. The van der Waals surface area contributed by atoms with E-state index in [4.69, 9.17) is 4.98 Å². The van der Waals surface area contributed by atoms with Crippen molar-refractivity contribution in [2.24, 2.45) is 0 Å². The van der Waals surface area contributed by atoms with E-state index in [1.54, 1.807) is 12.3 Å². The van der Waals surface area contributed by atoms with Crippen LogP contribution in [-0.4, -0.2) is 21.0 Å². The minimum Gasteiger partial charge on any atom is -0.307 e. The van der Waals surface area contributed by atoms with Crippen molar-refractivity contribution in [3.05, 3.63) is 100 Å². The van der Waals surface area contributed by atoms with Crippen LogP contribution in [0.15, 0.2) is 94.7 Å². The summed E-state index contributed by atoms with van der Waals surface area (Å²) in [7, 11) is 0. The lowest BCUT2D eigenvalue weighted by Gasteiger charge is -2.24. The maximum Gasteiger partial charge on any atom is 0.417 e. The number of amides is 1. The Kier molecular flexibility index (Phi) is 5.28. The Balaban J connectivity index is 1.60. The molecule has 0 bridgehead atoms. The van der Waals surface area contributed by atoms with Gasteiger partial charge < -0.3 is 5.32 Å². The number of allylic oxidation sites excluding steroid dienone is 1. The van der Waals surface area contributed by atoms with Gasteiger partial charge in [-0.05, 0) is 53.9 Å². The Morgan fingerprint density at radius 3 is 2.50 bits per heavy atom. The van der Waals surface area contributed by atoms with Crippen LogP contribution in [0.3, 0.4) is 0 Å². The first-order valence-corrected chi connectivity index (χ1v) is 10.9. The summed E-state index contributed by atoms with van der Waals surface area (Å²) in [6, 6.07) is 22.8. The van der Waals surface area contributed by atoms with E-state index in [0.29, 0.717) is 17.3 Å². The molecule has 1 aliphatic heterocycles. The van der Waals surface area contributed by atoms with E-state index in [0.717, 1.165) is 27.1 Å². The molecule has 0 aliphatic carbocycles. The van der Waals surface area contributed by atoms with E-state index < -0.39 is 6.04 Å². The molecule has 1 aliphatic rings. The number of carbonyl (C=O) groups is 1. The quantitative estimate of drug-likeness (QED) is 0.371. The van der Waals surface area contributed by atoms with Crippen molar-refractivity contribution in [1.29, 1.82) is 0 Å². The number of aromatic amines is 1. The molecule has 2 aromatic carbocycles. The van der Waals surface area contributed by atoms with Gasteiger partial charge in [0.25, 0.3) is 5.91 Å². The molecule has 8 heteroatoms. The predicted octanol–water partition coefficient (Wildman–Crippen LogP) is 4.45. The minimum absolute atomic E-state index is 0.226. The topological polar surface area (TPSA) is 86.6 Å². The van der Waals surface area contributed by atoms with Crippen LogP contribution in [0.25, 0.3) is 11.4 Å². The number of H-pyrrole nitrogens is 1. The van der Waals surface area contributed by atoms with Crippen molar-refractivity contribution in [3.63, 3.8) is 0 Å². The summed E-state index contributed by atoms with van der Waals surface area (Å²) >= 11 is 3.50. The molecular formula is C24H20BrN6O+. The van der Waals surface area contributed by atoms with E-state index in [1.807, 2.05) is 78.3 Å². The number of halogens is 1. The van der Waals surface area contributed by atoms with Gasteiger partial charge in [0, 0.05) is 16.2 Å². The Morgan fingerprint density at radius 2 is 1.78 bits per heavy atom. The SMILES string of the molecule is CC1=C(C(=O)Nc2ccccn2)C(c2ccc(Br)cc2)[n+]2[nH]c(-c3ccccc3)nc2N1. The molecule has 0 spiro atoms. The molecule has 158 valence electrons. The van der Waals surface area contributed by atoms with Crippen LogP contribution in [0.1, 0.15) is 18.5 Å². The van der Waals surface area contributed by atoms with Gasteiger partial charge in [-0.3, -0.25) is 4.79 Å². The normalized spacial score (nSPS) is 15.1. The Bertz CT molecular complexity index is 1300. The lowest BCUT2D eigenvalue weighted by Crippen LogP contribution is -2.50. The van der Waals surface area contributed by atoms with Crippen LogP contribution in [0.5, 0.6) is 0 Å². The fourth-order valence-electron chi connectivity index (χ4n) is 3.80. The number of nitrogens with zero attached hydrogens (tertiary/aromatic N) is 3. The van der Waals surface area contributed by atoms with Gasteiger partial charge in [0.05, 0.1) is 11.3 Å². The average molecular weight is 488 g/mol. The van der Waals surface area contributed by atoms with Gasteiger partial charge in [0.15, 0.2) is 6.04 Å². The van der Waals surface area contributed by atoms with Crippen molar-refractivity contribution < 1.29 is 9.48 Å². The third-order valence-corrected chi connectivity index (χ3v) is 5.82. The molecule has 4 aromatic rings. The number of rotatable bonds is 4. The fraction of sp³-hybridized carbons (Fsp3) is 0.0833. The first kappa shape index (κ1) is 20.1. The average Bonchev–Trinajstić information content (AvgIpc) is 3.23. The Labute approximate surface area is 193 Å². The number of anilines is 2. The van der Waals surface area contributed by atoms with Crippen LogP contribution in [0.4, 0.5) is 11.8 Å². The monoisotopic (exact) mass is 487 g/mol. The number of aromatic nitrogens is 4. The number of benzene rings is 2. The summed E-state index contributed by atoms with van der Waals surface area (Å²) in [5.41, 5.74) is 3.23. The second kappa shape index (κ2) is 8.39. The van der Waals surface area contributed by atoms with Crippen molar-refractivity contribution >= 4 is 33.6 Å². The Hall–Kier alpha value is -3.78. The van der Waals surface area contributed by atoms with Crippen molar-refractivity contribution in [3.8, 4) is 11.4 Å². The highest BCUT2D eigenvalue weighted by molar-refractivity contribution is 9.10. The van der Waals surface area contributed by atoms with Crippen molar-refractivity contribution in [2.75, 3.05) is 10.6 Å². The summed E-state index contributed by atoms with van der Waals surface area (Å²) < 4.78 is 2.86. The van der Waals surface area contributed by atoms with E-state index in [2.05, 4.69) is 36.6 Å². The number of hydrogen-bond acceptors (Lipinski definition) is 4. The van der Waals surface area contributed by atoms with Gasteiger partial charge in [-0.1, -0.05) is 52.3 Å². The smallest absolute Gasteiger partial charge is 0.307 e. The zero-order valence-corrected chi connectivity index (χ0v) is 18.8. The molecule has 7 nitrogen and oxygen atoms in total. The maximum absolute atomic E-state index is 13.4. The second-order valence-corrected chi connectivity index (χ2v) is 8.33. The number of carbonyl (C=O) groups excluding carboxylic acids is 1. The van der Waals surface area contributed by atoms with Gasteiger partial charge in [-0.2, -0.15) is 0 Å². The van der Waals surface area contributed by atoms with Crippen LogP contribution in [0, 0.1) is 0 Å². The molecule has 0 saturated heterocycles. The second-order valence-electron chi connectivity index (χ2n) is 7.42. The van der Waals surface area contributed by atoms with E-state index >= 15 is 0 Å². The molecule has 1 atom stereocenters. The zero-order chi connectivity index (χ0) is 22.1. The van der Waals surface area contributed by atoms with Crippen LogP contribution in [-0.2, 0) is 4.79 Å². The van der Waals surface area contributed by atoms with Crippen LogP contribution >= 0.6 is 15.9 Å². The van der Waals surface area contributed by atoms with Crippen molar-refractivity contribution in [1.82, 2.24) is 15.1 Å².